The molecule has 0 bridgehead atoms. The topological polar surface area (TPSA) is 70.1 Å². The highest BCUT2D eigenvalue weighted by Crippen LogP contribution is 2.18. The van der Waals surface area contributed by atoms with E-state index in [-0.39, 0.29) is 37.5 Å². The summed E-state index contributed by atoms with van der Waals surface area (Å²) in [7, 11) is 3.92. The normalized spacial score (nSPS) is 23.8. The lowest BCUT2D eigenvalue weighted by atomic mass is 10.2. The predicted octanol–water partition coefficient (Wildman–Crippen LogP) is -0.494. The molecule has 2 atom stereocenters. The first-order valence-corrected chi connectivity index (χ1v) is 6.66. The van der Waals surface area contributed by atoms with Crippen LogP contribution in [0.15, 0.2) is 0 Å². The number of hydrogen-bond acceptors (Lipinski definition) is 6. The van der Waals surface area contributed by atoms with Gasteiger partial charge in [-0.25, -0.2) is 0 Å². The van der Waals surface area contributed by atoms with E-state index in [4.69, 9.17) is 4.74 Å². The second kappa shape index (κ2) is 7.57. The number of aliphatic hydroxyl groups is 1. The molecule has 0 radical (unpaired) electrons. The minimum atomic E-state index is -0.476. The molecule has 1 aliphatic rings. The molecule has 1 rings (SSSR count). The van der Waals surface area contributed by atoms with Crippen molar-refractivity contribution in [1.82, 2.24) is 9.80 Å². The third-order valence-electron chi connectivity index (χ3n) is 3.11. The number of Topliss-reactive ketones (excluding diaryl/α,β-unsaturated/α-hetero) is 1. The summed E-state index contributed by atoms with van der Waals surface area (Å²) in [6.45, 7) is 3.50. The Hall–Kier alpha value is -0.980. The van der Waals surface area contributed by atoms with Crippen molar-refractivity contribution in [1.29, 1.82) is 0 Å². The van der Waals surface area contributed by atoms with Gasteiger partial charge in [-0.2, -0.15) is 0 Å². The summed E-state index contributed by atoms with van der Waals surface area (Å²) < 4.78 is 4.75. The smallest absolute Gasteiger partial charge is 0.313 e. The lowest BCUT2D eigenvalue weighted by molar-refractivity contribution is -0.145. The lowest BCUT2D eigenvalue weighted by Gasteiger charge is -2.25. The molecule has 19 heavy (non-hydrogen) atoms. The molecule has 0 amide bonds. The largest absolute Gasteiger partial charge is 0.466 e. The zero-order chi connectivity index (χ0) is 14.4. The van der Waals surface area contributed by atoms with Crippen molar-refractivity contribution in [2.75, 3.05) is 40.3 Å². The number of likely N-dealkylation sites (N-methyl/N-ethyl adjacent to an activating group) is 1. The first-order chi connectivity index (χ1) is 8.92. The van der Waals surface area contributed by atoms with Gasteiger partial charge in [-0.3, -0.25) is 14.5 Å². The maximum atomic E-state index is 11.8. The fraction of sp³-hybridized carbons (Fsp3) is 0.846. The monoisotopic (exact) mass is 272 g/mol. The molecule has 1 N–H and O–H groups in total. The van der Waals surface area contributed by atoms with E-state index in [0.29, 0.717) is 13.0 Å². The van der Waals surface area contributed by atoms with E-state index in [2.05, 4.69) is 0 Å². The summed E-state index contributed by atoms with van der Waals surface area (Å²) in [5, 5.41) is 9.70. The van der Waals surface area contributed by atoms with Crippen molar-refractivity contribution in [3.8, 4) is 0 Å². The number of hydrogen-bond donors (Lipinski definition) is 1. The van der Waals surface area contributed by atoms with Crippen LogP contribution in [0.5, 0.6) is 0 Å². The third kappa shape index (κ3) is 5.67. The third-order valence-corrected chi connectivity index (χ3v) is 3.11. The number of rotatable bonds is 7. The maximum Gasteiger partial charge on any atom is 0.313 e. The Labute approximate surface area is 114 Å². The van der Waals surface area contributed by atoms with Gasteiger partial charge in [0.15, 0.2) is 5.78 Å². The van der Waals surface area contributed by atoms with Gasteiger partial charge in [0.2, 0.25) is 0 Å². The average Bonchev–Trinajstić information content (AvgIpc) is 2.57. The summed E-state index contributed by atoms with van der Waals surface area (Å²) in [4.78, 5) is 27.0. The van der Waals surface area contributed by atoms with Crippen molar-refractivity contribution < 1.29 is 19.4 Å². The zero-order valence-electron chi connectivity index (χ0n) is 12.0. The number of ether oxygens (including phenoxy) is 1. The van der Waals surface area contributed by atoms with E-state index >= 15 is 0 Å². The highest BCUT2D eigenvalue weighted by Gasteiger charge is 2.32. The summed E-state index contributed by atoms with van der Waals surface area (Å²) in [5.74, 6) is -0.632. The van der Waals surface area contributed by atoms with E-state index < -0.39 is 5.97 Å². The van der Waals surface area contributed by atoms with Gasteiger partial charge in [0, 0.05) is 19.1 Å². The van der Waals surface area contributed by atoms with Crippen LogP contribution in [-0.2, 0) is 14.3 Å². The first-order valence-electron chi connectivity index (χ1n) is 6.66. The second-order valence-corrected chi connectivity index (χ2v) is 5.26. The number of likely N-dealkylation sites (tertiary alicyclic amines) is 1. The molecule has 1 saturated heterocycles. The van der Waals surface area contributed by atoms with Crippen molar-refractivity contribution in [2.24, 2.45) is 0 Å². The van der Waals surface area contributed by atoms with Crippen LogP contribution < -0.4 is 0 Å². The van der Waals surface area contributed by atoms with Crippen LogP contribution in [0.4, 0.5) is 0 Å². The van der Waals surface area contributed by atoms with Crippen LogP contribution in [-0.4, -0.2) is 79.1 Å². The number of carbonyl (C=O) groups is 2. The van der Waals surface area contributed by atoms with Crippen LogP contribution in [0.1, 0.15) is 19.8 Å². The summed E-state index contributed by atoms with van der Waals surface area (Å²) in [6, 6.07) is 0.163. The van der Waals surface area contributed by atoms with Crippen LogP contribution in [0, 0.1) is 0 Å². The molecular weight excluding hydrogens is 248 g/mol. The van der Waals surface area contributed by atoms with Crippen LogP contribution in [0.3, 0.4) is 0 Å². The molecule has 0 aliphatic carbocycles. The Morgan fingerprint density at radius 3 is 2.68 bits per heavy atom. The summed E-state index contributed by atoms with van der Waals surface area (Å²) >= 11 is 0. The molecule has 2 unspecified atom stereocenters. The van der Waals surface area contributed by atoms with E-state index in [0.717, 1.165) is 6.54 Å². The van der Waals surface area contributed by atoms with Gasteiger partial charge < -0.3 is 14.7 Å². The molecule has 0 saturated carbocycles. The minimum Gasteiger partial charge on any atom is -0.466 e. The Morgan fingerprint density at radius 1 is 1.42 bits per heavy atom. The minimum absolute atomic E-state index is 0.156. The molecule has 6 heteroatoms. The molecule has 0 aromatic rings. The molecule has 1 fully saturated rings. The molecule has 110 valence electrons. The molecule has 1 heterocycles. The van der Waals surface area contributed by atoms with Crippen LogP contribution >= 0.6 is 0 Å². The maximum absolute atomic E-state index is 11.8. The molecule has 0 spiro atoms. The van der Waals surface area contributed by atoms with Gasteiger partial charge in [0.05, 0.1) is 19.3 Å². The van der Waals surface area contributed by atoms with Crippen molar-refractivity contribution in [3.63, 3.8) is 0 Å². The van der Waals surface area contributed by atoms with Crippen molar-refractivity contribution in [3.05, 3.63) is 0 Å². The number of carbonyl (C=O) groups excluding carboxylic acids is 2. The van der Waals surface area contributed by atoms with Crippen molar-refractivity contribution >= 4 is 11.8 Å². The highest BCUT2D eigenvalue weighted by atomic mass is 16.5. The molecular formula is C13H24N2O4. The van der Waals surface area contributed by atoms with E-state index in [1.165, 1.54) is 0 Å². The number of β-amino-alcohol motifs (C(OH)–C–C–N with tert-alkyl or cyclic N) is 1. The zero-order valence-corrected chi connectivity index (χ0v) is 12.0. The van der Waals surface area contributed by atoms with Gasteiger partial charge in [-0.05, 0) is 27.4 Å². The number of esters is 1. The number of nitrogens with zero attached hydrogens (tertiary/aromatic N) is 2. The standard InChI is InChI=1S/C13H24N2O4/c1-4-19-13(18)6-12(17)9-15-8-11(16)5-10(15)7-14(2)3/h10-11,16H,4-9H2,1-3H3. The van der Waals surface area contributed by atoms with E-state index in [1.807, 2.05) is 23.9 Å². The quantitative estimate of drug-likeness (QED) is 0.498. The van der Waals surface area contributed by atoms with Gasteiger partial charge in [0.1, 0.15) is 6.42 Å². The van der Waals surface area contributed by atoms with Crippen LogP contribution in [0.2, 0.25) is 0 Å². The Kier molecular flexibility index (Phi) is 6.41. The van der Waals surface area contributed by atoms with Gasteiger partial charge in [-0.1, -0.05) is 0 Å². The van der Waals surface area contributed by atoms with Gasteiger partial charge in [0.25, 0.3) is 0 Å². The lowest BCUT2D eigenvalue weighted by Crippen LogP contribution is -2.40. The summed E-state index contributed by atoms with van der Waals surface area (Å²) in [5.41, 5.74) is 0. The van der Waals surface area contributed by atoms with Crippen molar-refractivity contribution in [2.45, 2.75) is 31.9 Å². The Morgan fingerprint density at radius 2 is 2.11 bits per heavy atom. The molecule has 6 nitrogen and oxygen atoms in total. The fourth-order valence-electron chi connectivity index (χ4n) is 2.42. The predicted molar refractivity (Wildman–Crippen MR) is 70.8 cm³/mol. The SMILES string of the molecule is CCOC(=O)CC(=O)CN1CC(O)CC1CN(C)C. The molecule has 1 aliphatic heterocycles. The average molecular weight is 272 g/mol. The number of aliphatic hydroxyl groups excluding tert-OH is 1. The fourth-order valence-corrected chi connectivity index (χ4v) is 2.42. The number of ketones is 1. The molecule has 0 aromatic heterocycles. The Balaban J connectivity index is 2.44. The molecule has 0 aromatic carbocycles. The Bertz CT molecular complexity index is 320. The highest BCUT2D eigenvalue weighted by molar-refractivity contribution is 5.96. The second-order valence-electron chi connectivity index (χ2n) is 5.26. The van der Waals surface area contributed by atoms with Crippen LogP contribution in [0.25, 0.3) is 0 Å². The van der Waals surface area contributed by atoms with E-state index in [9.17, 15) is 14.7 Å². The van der Waals surface area contributed by atoms with E-state index in [1.54, 1.807) is 6.92 Å². The first kappa shape index (κ1) is 16.1. The summed E-state index contributed by atoms with van der Waals surface area (Å²) in [6.07, 6.45) is 0.0975. The van der Waals surface area contributed by atoms with Gasteiger partial charge in [-0.15, -0.1) is 0 Å². The van der Waals surface area contributed by atoms with Gasteiger partial charge >= 0.3 is 5.97 Å².